The summed E-state index contributed by atoms with van der Waals surface area (Å²) >= 11 is 5.87. The monoisotopic (exact) mass is 215 g/mol. The van der Waals surface area contributed by atoms with Gasteiger partial charge in [-0.2, -0.15) is 0 Å². The lowest BCUT2D eigenvalue weighted by Crippen LogP contribution is -2.16. The normalized spacial score (nSPS) is 10.2. The van der Waals surface area contributed by atoms with Crippen molar-refractivity contribution < 1.29 is 9.47 Å². The number of rotatable bonds is 5. The lowest BCUT2D eigenvalue weighted by molar-refractivity contribution is 0.174. The Balaban J connectivity index is 2.67. The first kappa shape index (κ1) is 11.3. The molecule has 0 aliphatic heterocycles. The summed E-state index contributed by atoms with van der Waals surface area (Å²) in [6.07, 6.45) is 0. The predicted molar refractivity (Wildman–Crippen MR) is 56.7 cm³/mol. The molecule has 1 aromatic rings. The van der Waals surface area contributed by atoms with Crippen molar-refractivity contribution in [2.45, 2.75) is 6.54 Å². The van der Waals surface area contributed by atoms with Crippen LogP contribution in [0.3, 0.4) is 0 Å². The third-order valence-corrected chi connectivity index (χ3v) is 2.04. The summed E-state index contributed by atoms with van der Waals surface area (Å²) in [5, 5.41) is 3.80. The number of ether oxygens (including phenoxy) is 2. The number of benzene rings is 1. The Labute approximate surface area is 89.0 Å². The summed E-state index contributed by atoms with van der Waals surface area (Å²) in [4.78, 5) is 0. The topological polar surface area (TPSA) is 30.5 Å². The Bertz CT molecular complexity index is 291. The highest BCUT2D eigenvalue weighted by Gasteiger charge is 2.02. The number of halogens is 1. The van der Waals surface area contributed by atoms with Crippen molar-refractivity contribution in [3.63, 3.8) is 0 Å². The van der Waals surface area contributed by atoms with Crippen molar-refractivity contribution in [2.75, 3.05) is 21.0 Å². The van der Waals surface area contributed by atoms with Gasteiger partial charge in [0, 0.05) is 24.2 Å². The van der Waals surface area contributed by atoms with Crippen molar-refractivity contribution in [1.82, 2.24) is 5.32 Å². The van der Waals surface area contributed by atoms with Crippen LogP contribution in [-0.2, 0) is 11.3 Å². The van der Waals surface area contributed by atoms with Gasteiger partial charge in [-0.3, -0.25) is 5.32 Å². The third kappa shape index (κ3) is 3.18. The van der Waals surface area contributed by atoms with Crippen LogP contribution in [0.4, 0.5) is 0 Å². The zero-order chi connectivity index (χ0) is 10.4. The van der Waals surface area contributed by atoms with Crippen molar-refractivity contribution in [1.29, 1.82) is 0 Å². The Morgan fingerprint density at radius 2 is 2.14 bits per heavy atom. The molecule has 0 aromatic heterocycles. The molecule has 0 saturated carbocycles. The largest absolute Gasteiger partial charge is 0.496 e. The molecule has 14 heavy (non-hydrogen) atoms. The molecule has 0 heterocycles. The van der Waals surface area contributed by atoms with Crippen LogP contribution in [0.5, 0.6) is 5.75 Å². The molecule has 3 nitrogen and oxygen atoms in total. The standard InChI is InChI=1S/C10H14ClNO2/c1-13-7-12-6-8-5-9(11)3-4-10(8)14-2/h3-5,12H,6-7H2,1-2H3. The number of hydrogen-bond acceptors (Lipinski definition) is 3. The molecule has 4 heteroatoms. The van der Waals surface area contributed by atoms with E-state index >= 15 is 0 Å². The van der Waals surface area contributed by atoms with Crippen LogP contribution in [0.2, 0.25) is 5.02 Å². The fraction of sp³-hybridized carbons (Fsp3) is 0.400. The van der Waals surface area contributed by atoms with Crippen LogP contribution in [0.15, 0.2) is 18.2 Å². The van der Waals surface area contributed by atoms with Crippen LogP contribution >= 0.6 is 11.6 Å². The van der Waals surface area contributed by atoms with E-state index in [2.05, 4.69) is 5.32 Å². The molecule has 1 aromatic carbocycles. The Morgan fingerprint density at radius 3 is 2.79 bits per heavy atom. The molecule has 1 N–H and O–H groups in total. The number of methoxy groups -OCH3 is 2. The fourth-order valence-corrected chi connectivity index (χ4v) is 1.37. The van der Waals surface area contributed by atoms with Crippen molar-refractivity contribution in [3.05, 3.63) is 28.8 Å². The molecule has 0 aliphatic carbocycles. The van der Waals surface area contributed by atoms with E-state index in [9.17, 15) is 0 Å². The van der Waals surface area contributed by atoms with E-state index in [1.807, 2.05) is 12.1 Å². The van der Waals surface area contributed by atoms with E-state index in [1.54, 1.807) is 20.3 Å². The van der Waals surface area contributed by atoms with Gasteiger partial charge in [0.1, 0.15) is 5.75 Å². The zero-order valence-electron chi connectivity index (χ0n) is 8.34. The second-order valence-corrected chi connectivity index (χ2v) is 3.25. The summed E-state index contributed by atoms with van der Waals surface area (Å²) < 4.78 is 10.1. The van der Waals surface area contributed by atoms with Crippen molar-refractivity contribution in [3.8, 4) is 5.75 Å². The maximum Gasteiger partial charge on any atom is 0.123 e. The molecule has 0 bridgehead atoms. The summed E-state index contributed by atoms with van der Waals surface area (Å²) in [5.41, 5.74) is 1.03. The third-order valence-electron chi connectivity index (χ3n) is 1.80. The maximum atomic E-state index is 5.87. The van der Waals surface area contributed by atoms with E-state index in [4.69, 9.17) is 21.1 Å². The second-order valence-electron chi connectivity index (χ2n) is 2.82. The number of nitrogens with one attached hydrogen (secondary N) is 1. The molecular formula is C10H14ClNO2. The minimum atomic E-state index is 0.510. The van der Waals surface area contributed by atoms with Crippen LogP contribution < -0.4 is 10.1 Å². The molecule has 78 valence electrons. The van der Waals surface area contributed by atoms with Gasteiger partial charge in [0.05, 0.1) is 13.8 Å². The van der Waals surface area contributed by atoms with E-state index in [-0.39, 0.29) is 0 Å². The Morgan fingerprint density at radius 1 is 1.36 bits per heavy atom. The van der Waals surface area contributed by atoms with Gasteiger partial charge in [0.15, 0.2) is 0 Å². The minimum Gasteiger partial charge on any atom is -0.496 e. The van der Waals surface area contributed by atoms with Crippen LogP contribution in [0.1, 0.15) is 5.56 Å². The average molecular weight is 216 g/mol. The molecule has 0 amide bonds. The number of hydrogen-bond donors (Lipinski definition) is 1. The molecule has 0 unspecified atom stereocenters. The summed E-state index contributed by atoms with van der Waals surface area (Å²) in [7, 11) is 3.28. The Kier molecular flexibility index (Phi) is 4.73. The molecule has 0 aliphatic rings. The smallest absolute Gasteiger partial charge is 0.123 e. The maximum absolute atomic E-state index is 5.87. The van der Waals surface area contributed by atoms with Gasteiger partial charge < -0.3 is 9.47 Å². The average Bonchev–Trinajstić information content (AvgIpc) is 2.19. The lowest BCUT2D eigenvalue weighted by Gasteiger charge is -2.09. The van der Waals surface area contributed by atoms with Gasteiger partial charge in [-0.25, -0.2) is 0 Å². The molecular weight excluding hydrogens is 202 g/mol. The summed E-state index contributed by atoms with van der Waals surface area (Å²) in [6.45, 7) is 1.19. The second kappa shape index (κ2) is 5.86. The van der Waals surface area contributed by atoms with E-state index < -0.39 is 0 Å². The van der Waals surface area contributed by atoms with Gasteiger partial charge in [-0.15, -0.1) is 0 Å². The highest BCUT2D eigenvalue weighted by Crippen LogP contribution is 2.22. The molecule has 0 saturated heterocycles. The first-order valence-corrected chi connectivity index (χ1v) is 4.67. The van der Waals surface area contributed by atoms with E-state index in [1.165, 1.54) is 0 Å². The van der Waals surface area contributed by atoms with Gasteiger partial charge >= 0.3 is 0 Å². The summed E-state index contributed by atoms with van der Waals surface area (Å²) in [6, 6.07) is 5.54. The quantitative estimate of drug-likeness (QED) is 0.603. The molecule has 0 spiro atoms. The summed E-state index contributed by atoms with van der Waals surface area (Å²) in [5.74, 6) is 0.831. The van der Waals surface area contributed by atoms with Crippen molar-refractivity contribution in [2.24, 2.45) is 0 Å². The fourth-order valence-electron chi connectivity index (χ4n) is 1.17. The molecule has 0 radical (unpaired) electrons. The van der Waals surface area contributed by atoms with E-state index in [0.29, 0.717) is 18.3 Å². The highest BCUT2D eigenvalue weighted by molar-refractivity contribution is 6.30. The van der Waals surface area contributed by atoms with Gasteiger partial charge in [-0.1, -0.05) is 11.6 Å². The minimum absolute atomic E-state index is 0.510. The Hall–Kier alpha value is -0.770. The van der Waals surface area contributed by atoms with Gasteiger partial charge in [-0.05, 0) is 18.2 Å². The van der Waals surface area contributed by atoms with Crippen molar-refractivity contribution >= 4 is 11.6 Å². The first-order valence-electron chi connectivity index (χ1n) is 4.30. The molecule has 1 rings (SSSR count). The van der Waals surface area contributed by atoms with Gasteiger partial charge in [0.2, 0.25) is 0 Å². The predicted octanol–water partition coefficient (Wildman–Crippen LogP) is 2.04. The zero-order valence-corrected chi connectivity index (χ0v) is 9.10. The molecule has 0 atom stereocenters. The van der Waals surface area contributed by atoms with E-state index in [0.717, 1.165) is 11.3 Å². The van der Waals surface area contributed by atoms with Crippen LogP contribution in [0.25, 0.3) is 0 Å². The first-order chi connectivity index (χ1) is 6.77. The highest BCUT2D eigenvalue weighted by atomic mass is 35.5. The molecule has 0 fully saturated rings. The van der Waals surface area contributed by atoms with Gasteiger partial charge in [0.25, 0.3) is 0 Å². The SMILES string of the molecule is COCNCc1cc(Cl)ccc1OC. The van der Waals surface area contributed by atoms with Crippen LogP contribution in [-0.4, -0.2) is 21.0 Å². The van der Waals surface area contributed by atoms with Crippen LogP contribution in [0, 0.1) is 0 Å². The lowest BCUT2D eigenvalue weighted by atomic mass is 10.2.